The first kappa shape index (κ1) is 22.8. The number of aryl methyl sites for hydroxylation is 3. The monoisotopic (exact) mass is 397 g/mol. The van der Waals surface area contributed by atoms with Gasteiger partial charge in [0.05, 0.1) is 14.1 Å². The van der Waals surface area contributed by atoms with E-state index < -0.39 is 6.10 Å². The Balaban J connectivity index is 0.00000338. The highest BCUT2D eigenvalue weighted by Crippen LogP contribution is 2.22. The second-order valence-electron chi connectivity index (χ2n) is 7.58. The van der Waals surface area contributed by atoms with Gasteiger partial charge in [-0.2, -0.15) is 0 Å². The van der Waals surface area contributed by atoms with Crippen LogP contribution in [0.3, 0.4) is 0 Å². The molecule has 0 aromatic heterocycles. The predicted molar refractivity (Wildman–Crippen MR) is 104 cm³/mol. The minimum atomic E-state index is -0.532. The maximum Gasteiger partial charge on any atom is 0.137 e. The van der Waals surface area contributed by atoms with Gasteiger partial charge in [-0.1, -0.05) is 35.4 Å². The Kier molecular flexibility index (Phi) is 8.42. The fourth-order valence-electron chi connectivity index (χ4n) is 3.08. The number of halogens is 2. The average Bonchev–Trinajstić information content (AvgIpc) is 2.49. The molecule has 0 aliphatic rings. The third-order valence-corrected chi connectivity index (χ3v) is 4.61. The van der Waals surface area contributed by atoms with Gasteiger partial charge in [-0.15, -0.1) is 0 Å². The van der Waals surface area contributed by atoms with Crippen LogP contribution in [0.15, 0.2) is 36.4 Å². The largest absolute Gasteiger partial charge is 1.00 e. The first-order chi connectivity index (χ1) is 11.7. The molecule has 144 valence electrons. The minimum Gasteiger partial charge on any atom is -1.00 e. The smallest absolute Gasteiger partial charge is 0.137 e. The Morgan fingerprint density at radius 2 is 1.73 bits per heavy atom. The van der Waals surface area contributed by atoms with Crippen LogP contribution in [0.25, 0.3) is 0 Å². The molecule has 0 spiro atoms. The third kappa shape index (κ3) is 6.81. The summed E-state index contributed by atoms with van der Waals surface area (Å²) in [6.45, 7) is 7.98. The van der Waals surface area contributed by atoms with Crippen molar-refractivity contribution in [1.82, 2.24) is 0 Å². The van der Waals surface area contributed by atoms with Gasteiger partial charge in [-0.05, 0) is 50.1 Å². The Labute approximate surface area is 168 Å². The van der Waals surface area contributed by atoms with Crippen molar-refractivity contribution < 1.29 is 26.7 Å². The molecule has 1 N–H and O–H groups in total. The molecule has 5 heteroatoms. The normalized spacial score (nSPS) is 12.4. The summed E-state index contributed by atoms with van der Waals surface area (Å²) in [7, 11) is 4.27. The standard InChI is InChI=1S/C21H29ClNO2.ClH/c1-15-6-7-16(2)18(10-15)12-23(4,5)13-20(24)14-25-21-9-8-19(22)11-17(21)3;/h6-11,20,24H,12-14H2,1-5H3;1H/q+1;/p-1. The van der Waals surface area contributed by atoms with Crippen molar-refractivity contribution in [2.24, 2.45) is 0 Å². The van der Waals surface area contributed by atoms with E-state index in [9.17, 15) is 5.11 Å². The first-order valence-electron chi connectivity index (χ1n) is 8.61. The van der Waals surface area contributed by atoms with Gasteiger partial charge in [0.2, 0.25) is 0 Å². The molecule has 0 aliphatic heterocycles. The van der Waals surface area contributed by atoms with E-state index in [4.69, 9.17) is 16.3 Å². The van der Waals surface area contributed by atoms with Crippen LogP contribution in [0, 0.1) is 20.8 Å². The van der Waals surface area contributed by atoms with Crippen LogP contribution in [-0.4, -0.2) is 42.9 Å². The van der Waals surface area contributed by atoms with E-state index >= 15 is 0 Å². The molecule has 2 aromatic rings. The van der Waals surface area contributed by atoms with Gasteiger partial charge in [-0.3, -0.25) is 0 Å². The van der Waals surface area contributed by atoms with Crippen molar-refractivity contribution in [3.05, 3.63) is 63.7 Å². The second kappa shape index (κ2) is 9.61. The second-order valence-corrected chi connectivity index (χ2v) is 8.02. The van der Waals surface area contributed by atoms with E-state index in [0.717, 1.165) is 17.9 Å². The van der Waals surface area contributed by atoms with E-state index in [-0.39, 0.29) is 19.0 Å². The number of aliphatic hydroxyl groups excluding tert-OH is 1. The summed E-state index contributed by atoms with van der Waals surface area (Å²) in [5, 5.41) is 11.1. The summed E-state index contributed by atoms with van der Waals surface area (Å²) in [5.74, 6) is 0.767. The quantitative estimate of drug-likeness (QED) is 0.713. The van der Waals surface area contributed by atoms with Gasteiger partial charge in [-0.25, -0.2) is 0 Å². The van der Waals surface area contributed by atoms with Gasteiger partial charge < -0.3 is 26.7 Å². The van der Waals surface area contributed by atoms with Crippen molar-refractivity contribution in [2.45, 2.75) is 33.4 Å². The lowest BCUT2D eigenvalue weighted by molar-refractivity contribution is -0.906. The number of nitrogens with zero attached hydrogens (tertiary/aromatic N) is 1. The molecule has 26 heavy (non-hydrogen) atoms. The fourth-order valence-corrected chi connectivity index (χ4v) is 3.31. The minimum absolute atomic E-state index is 0. The SMILES string of the molecule is Cc1ccc(C)c(C[N+](C)(C)CC(O)COc2ccc(Cl)cc2C)c1.[Cl-]. The van der Waals surface area contributed by atoms with E-state index in [0.29, 0.717) is 16.1 Å². The third-order valence-electron chi connectivity index (χ3n) is 4.38. The van der Waals surface area contributed by atoms with Crippen molar-refractivity contribution in [3.8, 4) is 5.75 Å². The van der Waals surface area contributed by atoms with Crippen LogP contribution >= 0.6 is 11.6 Å². The highest BCUT2D eigenvalue weighted by atomic mass is 35.5. The van der Waals surface area contributed by atoms with Gasteiger partial charge >= 0.3 is 0 Å². The molecule has 0 amide bonds. The molecule has 0 aliphatic carbocycles. The Bertz CT molecular complexity index is 732. The number of benzene rings is 2. The molecule has 1 atom stereocenters. The highest BCUT2D eigenvalue weighted by Gasteiger charge is 2.22. The lowest BCUT2D eigenvalue weighted by Gasteiger charge is -2.32. The maximum absolute atomic E-state index is 10.4. The molecule has 0 saturated carbocycles. The Hall–Kier alpha value is -1.26. The van der Waals surface area contributed by atoms with E-state index in [1.165, 1.54) is 16.7 Å². The lowest BCUT2D eigenvalue weighted by Crippen LogP contribution is -3.00. The molecule has 0 heterocycles. The molecule has 3 nitrogen and oxygen atoms in total. The molecule has 0 radical (unpaired) electrons. The lowest BCUT2D eigenvalue weighted by atomic mass is 10.0. The molecule has 0 fully saturated rings. The average molecular weight is 398 g/mol. The zero-order valence-corrected chi connectivity index (χ0v) is 17.7. The van der Waals surface area contributed by atoms with Crippen molar-refractivity contribution in [1.29, 1.82) is 0 Å². The summed E-state index contributed by atoms with van der Waals surface area (Å²) in [6.07, 6.45) is -0.532. The molecule has 0 bridgehead atoms. The first-order valence-corrected chi connectivity index (χ1v) is 8.99. The van der Waals surface area contributed by atoms with Gasteiger partial charge in [0, 0.05) is 10.6 Å². The van der Waals surface area contributed by atoms with Gasteiger partial charge in [0.1, 0.15) is 31.5 Å². The van der Waals surface area contributed by atoms with E-state index in [2.05, 4.69) is 46.1 Å². The summed E-state index contributed by atoms with van der Waals surface area (Å²) < 4.78 is 6.48. The van der Waals surface area contributed by atoms with Crippen LogP contribution < -0.4 is 17.1 Å². The number of ether oxygens (including phenoxy) is 1. The predicted octanol–water partition coefficient (Wildman–Crippen LogP) is 1.29. The van der Waals surface area contributed by atoms with Crippen LogP contribution in [0.2, 0.25) is 5.02 Å². The van der Waals surface area contributed by atoms with Gasteiger partial charge in [0.15, 0.2) is 0 Å². The van der Waals surface area contributed by atoms with Crippen LogP contribution in [0.4, 0.5) is 0 Å². The number of hydrogen-bond donors (Lipinski definition) is 1. The summed E-state index contributed by atoms with van der Waals surface area (Å²) in [5.41, 5.74) is 4.86. The fraction of sp³-hybridized carbons (Fsp3) is 0.429. The molecular formula is C21H29Cl2NO2. The topological polar surface area (TPSA) is 29.5 Å². The van der Waals surface area contributed by atoms with E-state index in [1.807, 2.05) is 19.1 Å². The van der Waals surface area contributed by atoms with Crippen LogP contribution in [-0.2, 0) is 6.54 Å². The molecule has 0 saturated heterocycles. The van der Waals surface area contributed by atoms with Gasteiger partial charge in [0.25, 0.3) is 0 Å². The summed E-state index contributed by atoms with van der Waals surface area (Å²) in [4.78, 5) is 0. The summed E-state index contributed by atoms with van der Waals surface area (Å²) in [6, 6.07) is 12.0. The summed E-state index contributed by atoms with van der Waals surface area (Å²) >= 11 is 5.96. The van der Waals surface area contributed by atoms with Crippen molar-refractivity contribution in [3.63, 3.8) is 0 Å². The van der Waals surface area contributed by atoms with Crippen molar-refractivity contribution in [2.75, 3.05) is 27.2 Å². The van der Waals surface area contributed by atoms with Crippen LogP contribution in [0.1, 0.15) is 22.3 Å². The number of rotatable bonds is 7. The Morgan fingerprint density at radius 3 is 2.38 bits per heavy atom. The maximum atomic E-state index is 10.4. The van der Waals surface area contributed by atoms with E-state index in [1.54, 1.807) is 6.07 Å². The zero-order chi connectivity index (χ0) is 18.6. The number of likely N-dealkylation sites (N-methyl/N-ethyl adjacent to an activating group) is 1. The number of aliphatic hydroxyl groups is 1. The highest BCUT2D eigenvalue weighted by molar-refractivity contribution is 6.30. The van der Waals surface area contributed by atoms with Crippen molar-refractivity contribution >= 4 is 11.6 Å². The van der Waals surface area contributed by atoms with Crippen LogP contribution in [0.5, 0.6) is 5.75 Å². The molecular weight excluding hydrogens is 369 g/mol. The Morgan fingerprint density at radius 1 is 1.04 bits per heavy atom. The molecule has 2 aromatic carbocycles. The number of hydrogen-bond acceptors (Lipinski definition) is 2. The zero-order valence-electron chi connectivity index (χ0n) is 16.2. The molecule has 2 rings (SSSR count). The molecule has 1 unspecified atom stereocenters. The number of quaternary nitrogens is 1.